The van der Waals surface area contributed by atoms with Crippen molar-refractivity contribution in [2.75, 3.05) is 27.4 Å². The molecular formula is C26H34O8. The van der Waals surface area contributed by atoms with Crippen LogP contribution in [0.2, 0.25) is 0 Å². The number of hydrogen-bond acceptors (Lipinski definition) is 8. The number of rotatable bonds is 3. The number of methoxy groups -OCH3 is 2. The van der Waals surface area contributed by atoms with Crippen molar-refractivity contribution < 1.29 is 38.1 Å². The summed E-state index contributed by atoms with van der Waals surface area (Å²) < 4.78 is 29.8. The van der Waals surface area contributed by atoms with E-state index in [9.17, 15) is 14.4 Å². The van der Waals surface area contributed by atoms with Gasteiger partial charge >= 0.3 is 5.97 Å². The molecule has 0 aromatic rings. The highest BCUT2D eigenvalue weighted by molar-refractivity contribution is 6.03. The van der Waals surface area contributed by atoms with Crippen LogP contribution < -0.4 is 0 Å². The average Bonchev–Trinajstić information content (AvgIpc) is 2.90. The molecule has 5 aliphatic carbocycles. The summed E-state index contributed by atoms with van der Waals surface area (Å²) in [4.78, 5) is 40.1. The summed E-state index contributed by atoms with van der Waals surface area (Å²) in [5.41, 5.74) is -0.955. The van der Waals surface area contributed by atoms with Crippen LogP contribution in [-0.4, -0.2) is 62.6 Å². The lowest BCUT2D eigenvalue weighted by molar-refractivity contribution is -0.301. The maximum absolute atomic E-state index is 14.3. The highest BCUT2D eigenvalue weighted by atomic mass is 16.7. The first-order valence-corrected chi connectivity index (χ1v) is 12.1. The van der Waals surface area contributed by atoms with Gasteiger partial charge in [0.25, 0.3) is 0 Å². The zero-order chi connectivity index (χ0) is 24.5. The molecule has 0 radical (unpaired) electrons. The molecule has 5 atom stereocenters. The summed E-state index contributed by atoms with van der Waals surface area (Å²) in [6.07, 6.45) is 7.16. The third kappa shape index (κ3) is 3.08. The van der Waals surface area contributed by atoms with Crippen LogP contribution in [-0.2, 0) is 38.1 Å². The largest absolute Gasteiger partial charge is 0.462 e. The molecular weight excluding hydrogens is 440 g/mol. The number of Topliss-reactive ketones (excluding diaryl/α,β-unsaturated/α-hetero) is 2. The van der Waals surface area contributed by atoms with E-state index >= 15 is 0 Å². The lowest BCUT2D eigenvalue weighted by atomic mass is 9.52. The summed E-state index contributed by atoms with van der Waals surface area (Å²) in [5, 5.41) is 0. The van der Waals surface area contributed by atoms with Crippen LogP contribution in [0.15, 0.2) is 23.8 Å². The van der Waals surface area contributed by atoms with Gasteiger partial charge in [0.15, 0.2) is 17.4 Å². The molecule has 3 fully saturated rings. The summed E-state index contributed by atoms with van der Waals surface area (Å²) in [6, 6.07) is 0. The van der Waals surface area contributed by atoms with E-state index in [0.29, 0.717) is 31.6 Å². The molecule has 34 heavy (non-hydrogen) atoms. The molecule has 1 heterocycles. The molecule has 6 aliphatic rings. The van der Waals surface area contributed by atoms with E-state index in [2.05, 4.69) is 0 Å². The van der Waals surface area contributed by atoms with Crippen LogP contribution in [0.3, 0.4) is 0 Å². The lowest BCUT2D eigenvalue weighted by Crippen LogP contribution is -2.68. The van der Waals surface area contributed by atoms with Gasteiger partial charge in [-0.3, -0.25) is 14.4 Å². The van der Waals surface area contributed by atoms with Gasteiger partial charge in [-0.1, -0.05) is 18.2 Å². The van der Waals surface area contributed by atoms with E-state index in [1.54, 1.807) is 0 Å². The van der Waals surface area contributed by atoms with Gasteiger partial charge in [-0.25, -0.2) is 0 Å². The highest BCUT2D eigenvalue weighted by Gasteiger charge is 2.72. The van der Waals surface area contributed by atoms with Crippen molar-refractivity contribution in [2.45, 2.75) is 64.1 Å². The zero-order valence-corrected chi connectivity index (χ0v) is 20.6. The first kappa shape index (κ1) is 23.9. The van der Waals surface area contributed by atoms with E-state index in [-0.39, 0.29) is 18.0 Å². The van der Waals surface area contributed by atoms with Crippen molar-refractivity contribution in [2.24, 2.45) is 28.6 Å². The average molecular weight is 475 g/mol. The fourth-order valence-corrected chi connectivity index (χ4v) is 7.30. The fraction of sp³-hybridized carbons (Fsp3) is 0.731. The smallest absolute Gasteiger partial charge is 0.302 e. The summed E-state index contributed by atoms with van der Waals surface area (Å²) in [7, 11) is 2.88. The third-order valence-corrected chi connectivity index (χ3v) is 8.83. The molecule has 0 N–H and O–H groups in total. The molecule has 186 valence electrons. The third-order valence-electron chi connectivity index (χ3n) is 8.83. The molecule has 1 aliphatic heterocycles. The second-order valence-corrected chi connectivity index (χ2v) is 10.9. The van der Waals surface area contributed by atoms with Crippen molar-refractivity contribution in [3.63, 3.8) is 0 Å². The molecule has 2 saturated carbocycles. The number of esters is 1. The molecule has 1 saturated heterocycles. The first-order valence-electron chi connectivity index (χ1n) is 12.1. The van der Waals surface area contributed by atoms with Crippen molar-refractivity contribution in [3.05, 3.63) is 23.8 Å². The summed E-state index contributed by atoms with van der Waals surface area (Å²) >= 11 is 0. The van der Waals surface area contributed by atoms with Gasteiger partial charge < -0.3 is 23.7 Å². The Bertz CT molecular complexity index is 963. The van der Waals surface area contributed by atoms with Gasteiger partial charge in [0, 0.05) is 50.7 Å². The minimum atomic E-state index is -1.62. The van der Waals surface area contributed by atoms with Gasteiger partial charge in [0.1, 0.15) is 6.10 Å². The van der Waals surface area contributed by atoms with E-state index < -0.39 is 52.2 Å². The Morgan fingerprint density at radius 2 is 1.79 bits per heavy atom. The predicted octanol–water partition coefficient (Wildman–Crippen LogP) is 2.75. The number of fused-ring (bicyclic) bond motifs is 3. The van der Waals surface area contributed by atoms with E-state index in [0.717, 1.165) is 6.42 Å². The number of ketones is 2. The molecule has 0 aromatic carbocycles. The Hall–Kier alpha value is -1.87. The predicted molar refractivity (Wildman–Crippen MR) is 119 cm³/mol. The fourth-order valence-electron chi connectivity index (χ4n) is 7.30. The lowest BCUT2D eigenvalue weighted by Gasteiger charge is -2.56. The van der Waals surface area contributed by atoms with Gasteiger partial charge in [-0.2, -0.15) is 0 Å². The van der Waals surface area contributed by atoms with E-state index in [4.69, 9.17) is 23.7 Å². The van der Waals surface area contributed by atoms with Crippen molar-refractivity contribution in [1.82, 2.24) is 0 Å². The van der Waals surface area contributed by atoms with Gasteiger partial charge in [-0.05, 0) is 38.7 Å². The molecule has 6 rings (SSSR count). The van der Waals surface area contributed by atoms with E-state index in [1.165, 1.54) is 21.1 Å². The normalized spacial score (nSPS) is 39.1. The van der Waals surface area contributed by atoms with Crippen LogP contribution in [0.5, 0.6) is 0 Å². The summed E-state index contributed by atoms with van der Waals surface area (Å²) in [6.45, 7) is 5.89. The molecule has 8 nitrogen and oxygen atoms in total. The Morgan fingerprint density at radius 1 is 1.12 bits per heavy atom. The quantitative estimate of drug-likeness (QED) is 0.350. The Balaban J connectivity index is 1.68. The van der Waals surface area contributed by atoms with Crippen molar-refractivity contribution >= 4 is 17.5 Å². The van der Waals surface area contributed by atoms with Crippen molar-refractivity contribution in [1.29, 1.82) is 0 Å². The number of hydrogen-bond donors (Lipinski definition) is 0. The van der Waals surface area contributed by atoms with Gasteiger partial charge in [0.2, 0.25) is 5.79 Å². The van der Waals surface area contributed by atoms with Gasteiger partial charge in [-0.15, -0.1) is 0 Å². The maximum Gasteiger partial charge on any atom is 0.302 e. The van der Waals surface area contributed by atoms with Crippen LogP contribution in [0.1, 0.15) is 46.5 Å². The van der Waals surface area contributed by atoms with Crippen molar-refractivity contribution in [3.8, 4) is 0 Å². The molecule has 0 amide bonds. The number of ether oxygens (including phenoxy) is 5. The van der Waals surface area contributed by atoms with Crippen LogP contribution in [0, 0.1) is 28.6 Å². The Kier molecular flexibility index (Phi) is 5.48. The number of carbonyl (C=O) groups is 3. The highest BCUT2D eigenvalue weighted by Crippen LogP contribution is 2.63. The van der Waals surface area contributed by atoms with E-state index in [1.807, 2.05) is 32.1 Å². The second kappa shape index (κ2) is 7.82. The molecule has 0 unspecified atom stereocenters. The molecule has 8 heteroatoms. The van der Waals surface area contributed by atoms with Crippen LogP contribution in [0.25, 0.3) is 0 Å². The zero-order valence-electron chi connectivity index (χ0n) is 20.6. The molecule has 2 bridgehead atoms. The SMILES string of the molecule is COC1(OC)C(=O)[C@@H]2C=C[C@]13C[C@@H](OC(C)=O)[C@H]1C(=CCCC14COC(C)(C)OC4)C(=O)[C@H]3C2. The molecule has 0 aromatic heterocycles. The Morgan fingerprint density at radius 3 is 2.41 bits per heavy atom. The minimum absolute atomic E-state index is 0.0242. The van der Waals surface area contributed by atoms with Crippen LogP contribution in [0.4, 0.5) is 0 Å². The Labute approximate surface area is 200 Å². The standard InChI is InChI=1S/C26H34O8/c1-15(27)34-19-12-25-10-8-16(22(29)26(25,30-4)31-5)11-18(25)21(28)17-7-6-9-24(20(17)19)13-32-23(2,3)33-14-24/h7-8,10,16,18-20H,6,9,11-14H2,1-5H3/t16-,18-,19-,20-,25-/m1/s1. The number of carbonyl (C=O) groups excluding carboxylic acids is 3. The number of allylic oxidation sites excluding steroid dienone is 2. The monoisotopic (exact) mass is 474 g/mol. The topological polar surface area (TPSA) is 97.4 Å². The molecule has 2 spiro atoms. The van der Waals surface area contributed by atoms with Gasteiger partial charge in [0.05, 0.1) is 18.6 Å². The minimum Gasteiger partial charge on any atom is -0.462 e. The maximum atomic E-state index is 14.3. The first-order chi connectivity index (χ1) is 16.0. The van der Waals surface area contributed by atoms with Crippen LogP contribution >= 0.6 is 0 Å². The second-order valence-electron chi connectivity index (χ2n) is 10.9. The summed E-state index contributed by atoms with van der Waals surface area (Å²) in [5.74, 6) is -4.39.